The molecule has 0 saturated carbocycles. The summed E-state index contributed by atoms with van der Waals surface area (Å²) in [4.78, 5) is 25.4. The molecule has 0 radical (unpaired) electrons. The standard InChI is InChI=1S/C19H18N2O2S/c1-11-18(22)21-16-10-13(7-9-17(16)24-11)19(23)20-15-8-6-12-4-2-3-5-14(12)15/h2-5,7,9-11,15H,6,8H2,1H3,(H,20,23)(H,21,22). The monoisotopic (exact) mass is 338 g/mol. The molecular weight excluding hydrogens is 320 g/mol. The summed E-state index contributed by atoms with van der Waals surface area (Å²) < 4.78 is 0. The Balaban J connectivity index is 1.54. The van der Waals surface area contributed by atoms with E-state index in [1.165, 1.54) is 22.9 Å². The Morgan fingerprint density at radius 1 is 1.25 bits per heavy atom. The van der Waals surface area contributed by atoms with E-state index in [1.54, 1.807) is 6.07 Å². The number of nitrogens with one attached hydrogen (secondary N) is 2. The molecule has 0 aromatic heterocycles. The van der Waals surface area contributed by atoms with Crippen LogP contribution < -0.4 is 10.6 Å². The molecule has 5 heteroatoms. The molecule has 1 aliphatic heterocycles. The lowest BCUT2D eigenvalue weighted by Crippen LogP contribution is -2.29. The molecule has 4 nitrogen and oxygen atoms in total. The van der Waals surface area contributed by atoms with Gasteiger partial charge in [-0.25, -0.2) is 0 Å². The molecule has 1 aliphatic carbocycles. The van der Waals surface area contributed by atoms with Crippen molar-refractivity contribution in [2.45, 2.75) is 36.0 Å². The minimum Gasteiger partial charge on any atom is -0.345 e. The second-order valence-electron chi connectivity index (χ2n) is 6.22. The molecule has 2 amide bonds. The highest BCUT2D eigenvalue weighted by molar-refractivity contribution is 8.00. The maximum atomic E-state index is 12.6. The Labute approximate surface area is 145 Å². The number of fused-ring (bicyclic) bond motifs is 2. The van der Waals surface area contributed by atoms with Crippen LogP contribution in [0.15, 0.2) is 47.4 Å². The largest absolute Gasteiger partial charge is 0.345 e. The fourth-order valence-corrected chi connectivity index (χ4v) is 4.23. The second kappa shape index (κ2) is 5.98. The van der Waals surface area contributed by atoms with Gasteiger partial charge in [-0.15, -0.1) is 11.8 Å². The average molecular weight is 338 g/mol. The van der Waals surface area contributed by atoms with E-state index in [0.29, 0.717) is 5.56 Å². The number of benzene rings is 2. The van der Waals surface area contributed by atoms with Gasteiger partial charge in [0.15, 0.2) is 0 Å². The highest BCUT2D eigenvalue weighted by Crippen LogP contribution is 2.36. The normalized spacial score (nSPS) is 21.6. The molecule has 2 aromatic rings. The second-order valence-corrected chi connectivity index (χ2v) is 7.61. The van der Waals surface area contributed by atoms with Crippen molar-refractivity contribution in [2.24, 2.45) is 0 Å². The molecule has 2 unspecified atom stereocenters. The third kappa shape index (κ3) is 2.69. The molecule has 122 valence electrons. The Morgan fingerprint density at radius 3 is 2.96 bits per heavy atom. The number of carbonyl (C=O) groups is 2. The van der Waals surface area contributed by atoms with Crippen molar-refractivity contribution in [1.82, 2.24) is 5.32 Å². The van der Waals surface area contributed by atoms with E-state index in [-0.39, 0.29) is 23.1 Å². The molecule has 2 aliphatic rings. The van der Waals surface area contributed by atoms with E-state index in [0.717, 1.165) is 23.4 Å². The summed E-state index contributed by atoms with van der Waals surface area (Å²) in [6, 6.07) is 13.8. The van der Waals surface area contributed by atoms with Gasteiger partial charge in [-0.2, -0.15) is 0 Å². The number of anilines is 1. The van der Waals surface area contributed by atoms with Crippen LogP contribution in [0.3, 0.4) is 0 Å². The maximum Gasteiger partial charge on any atom is 0.251 e. The van der Waals surface area contributed by atoms with Crippen molar-refractivity contribution < 1.29 is 9.59 Å². The smallest absolute Gasteiger partial charge is 0.251 e. The summed E-state index contributed by atoms with van der Waals surface area (Å²) in [7, 11) is 0. The summed E-state index contributed by atoms with van der Waals surface area (Å²) in [6.45, 7) is 1.88. The lowest BCUT2D eigenvalue weighted by molar-refractivity contribution is -0.115. The van der Waals surface area contributed by atoms with Gasteiger partial charge in [-0.3, -0.25) is 9.59 Å². The number of hydrogen-bond acceptors (Lipinski definition) is 3. The van der Waals surface area contributed by atoms with Crippen molar-refractivity contribution in [1.29, 1.82) is 0 Å². The van der Waals surface area contributed by atoms with Gasteiger partial charge in [0.1, 0.15) is 0 Å². The van der Waals surface area contributed by atoms with Gasteiger partial charge >= 0.3 is 0 Å². The molecular formula is C19H18N2O2S. The van der Waals surface area contributed by atoms with E-state index in [2.05, 4.69) is 22.8 Å². The lowest BCUT2D eigenvalue weighted by Gasteiger charge is -2.22. The summed E-state index contributed by atoms with van der Waals surface area (Å²) >= 11 is 1.52. The van der Waals surface area contributed by atoms with Crippen LogP contribution in [0, 0.1) is 0 Å². The van der Waals surface area contributed by atoms with Crippen molar-refractivity contribution in [3.8, 4) is 0 Å². The number of amides is 2. The molecule has 24 heavy (non-hydrogen) atoms. The lowest BCUT2D eigenvalue weighted by atomic mass is 10.1. The van der Waals surface area contributed by atoms with Crippen LogP contribution in [0.4, 0.5) is 5.69 Å². The molecule has 2 atom stereocenters. The van der Waals surface area contributed by atoms with Crippen LogP contribution in [-0.2, 0) is 11.2 Å². The molecule has 1 heterocycles. The first-order chi connectivity index (χ1) is 11.6. The summed E-state index contributed by atoms with van der Waals surface area (Å²) in [5.74, 6) is -0.118. The van der Waals surface area contributed by atoms with Gasteiger partial charge in [-0.1, -0.05) is 24.3 Å². The Hall–Kier alpha value is -2.27. The Bertz CT molecular complexity index is 834. The van der Waals surface area contributed by atoms with Crippen molar-refractivity contribution in [2.75, 3.05) is 5.32 Å². The van der Waals surface area contributed by atoms with Crippen LogP contribution in [-0.4, -0.2) is 17.1 Å². The third-order valence-corrected chi connectivity index (χ3v) is 5.79. The van der Waals surface area contributed by atoms with Gasteiger partial charge in [0.05, 0.1) is 17.0 Å². The van der Waals surface area contributed by atoms with Gasteiger partial charge in [0, 0.05) is 10.5 Å². The van der Waals surface area contributed by atoms with Crippen LogP contribution >= 0.6 is 11.8 Å². The van der Waals surface area contributed by atoms with E-state index >= 15 is 0 Å². The van der Waals surface area contributed by atoms with Crippen LogP contribution in [0.1, 0.15) is 40.9 Å². The number of aryl methyl sites for hydroxylation is 1. The number of carbonyl (C=O) groups excluding carboxylic acids is 2. The zero-order valence-electron chi connectivity index (χ0n) is 13.3. The number of hydrogen-bond donors (Lipinski definition) is 2. The fourth-order valence-electron chi connectivity index (χ4n) is 3.30. The number of thioether (sulfide) groups is 1. The zero-order chi connectivity index (χ0) is 16.7. The average Bonchev–Trinajstić information content (AvgIpc) is 2.99. The maximum absolute atomic E-state index is 12.6. The SMILES string of the molecule is CC1Sc2ccc(C(=O)NC3CCc4ccccc43)cc2NC1=O. The summed E-state index contributed by atoms with van der Waals surface area (Å²) in [5.41, 5.74) is 3.82. The third-order valence-electron chi connectivity index (χ3n) is 4.61. The number of rotatable bonds is 2. The van der Waals surface area contributed by atoms with Crippen LogP contribution in [0.25, 0.3) is 0 Å². The topological polar surface area (TPSA) is 58.2 Å². The molecule has 0 saturated heterocycles. The van der Waals surface area contributed by atoms with E-state index in [1.807, 2.05) is 31.2 Å². The van der Waals surface area contributed by atoms with Crippen molar-refractivity contribution >= 4 is 29.3 Å². The Kier molecular flexibility index (Phi) is 3.81. The van der Waals surface area contributed by atoms with Gasteiger partial charge in [0.2, 0.25) is 5.91 Å². The van der Waals surface area contributed by atoms with E-state index < -0.39 is 0 Å². The quantitative estimate of drug-likeness (QED) is 0.880. The van der Waals surface area contributed by atoms with E-state index in [9.17, 15) is 9.59 Å². The summed E-state index contributed by atoms with van der Waals surface area (Å²) in [6.07, 6.45) is 1.93. The first-order valence-electron chi connectivity index (χ1n) is 8.12. The highest BCUT2D eigenvalue weighted by Gasteiger charge is 2.26. The summed E-state index contributed by atoms with van der Waals surface area (Å²) in [5, 5.41) is 5.89. The predicted octanol–water partition coefficient (Wildman–Crippen LogP) is 3.54. The minimum absolute atomic E-state index is 0.0187. The molecule has 0 spiro atoms. The van der Waals surface area contributed by atoms with Crippen molar-refractivity contribution in [3.63, 3.8) is 0 Å². The molecule has 2 N–H and O–H groups in total. The van der Waals surface area contributed by atoms with Crippen LogP contribution in [0.2, 0.25) is 0 Å². The predicted molar refractivity (Wildman–Crippen MR) is 95.4 cm³/mol. The van der Waals surface area contributed by atoms with Gasteiger partial charge in [-0.05, 0) is 49.1 Å². The Morgan fingerprint density at radius 2 is 2.08 bits per heavy atom. The van der Waals surface area contributed by atoms with Crippen molar-refractivity contribution in [3.05, 3.63) is 59.2 Å². The van der Waals surface area contributed by atoms with Gasteiger partial charge in [0.25, 0.3) is 5.91 Å². The molecule has 2 aromatic carbocycles. The van der Waals surface area contributed by atoms with E-state index in [4.69, 9.17) is 0 Å². The molecule has 0 bridgehead atoms. The highest BCUT2D eigenvalue weighted by atomic mass is 32.2. The fraction of sp³-hybridized carbons (Fsp3) is 0.263. The minimum atomic E-state index is -0.104. The first-order valence-corrected chi connectivity index (χ1v) is 9.00. The molecule has 4 rings (SSSR count). The van der Waals surface area contributed by atoms with Gasteiger partial charge < -0.3 is 10.6 Å². The first kappa shape index (κ1) is 15.3. The molecule has 0 fully saturated rings. The van der Waals surface area contributed by atoms with Crippen LogP contribution in [0.5, 0.6) is 0 Å². The zero-order valence-corrected chi connectivity index (χ0v) is 14.2.